The Morgan fingerprint density at radius 1 is 1.58 bits per heavy atom. The number of fused-ring (bicyclic) bond motifs is 1. The van der Waals surface area contributed by atoms with Crippen molar-refractivity contribution in [2.75, 3.05) is 0 Å². The second-order valence-corrected chi connectivity index (χ2v) is 4.61. The van der Waals surface area contributed by atoms with Crippen molar-refractivity contribution >= 4 is 5.78 Å². The van der Waals surface area contributed by atoms with Crippen molar-refractivity contribution in [2.45, 2.75) is 32.8 Å². The number of aliphatic hydroxyl groups is 1. The molecule has 2 nitrogen and oxygen atoms in total. The van der Waals surface area contributed by atoms with Gasteiger partial charge in [-0.3, -0.25) is 4.79 Å². The smallest absolute Gasteiger partial charge is 0.156 e. The molecule has 0 bridgehead atoms. The van der Waals surface area contributed by atoms with Crippen LogP contribution in [0.2, 0.25) is 0 Å². The highest BCUT2D eigenvalue weighted by molar-refractivity contribution is 5.93. The zero-order chi connectivity index (χ0) is 8.93. The molecule has 0 amide bonds. The Hall–Kier alpha value is -0.630. The highest BCUT2D eigenvalue weighted by Gasteiger charge is 2.46. The Kier molecular flexibility index (Phi) is 1.46. The highest BCUT2D eigenvalue weighted by atomic mass is 16.3. The van der Waals surface area contributed by atoms with Gasteiger partial charge in [-0.25, -0.2) is 0 Å². The van der Waals surface area contributed by atoms with E-state index in [1.807, 2.05) is 0 Å². The summed E-state index contributed by atoms with van der Waals surface area (Å²) in [5.41, 5.74) is 1.13. The largest absolute Gasteiger partial charge is 0.392 e. The minimum absolute atomic E-state index is 0.0306. The summed E-state index contributed by atoms with van der Waals surface area (Å²) < 4.78 is 0. The van der Waals surface area contributed by atoms with Gasteiger partial charge in [-0.1, -0.05) is 19.4 Å². The zero-order valence-electron chi connectivity index (χ0n) is 7.50. The van der Waals surface area contributed by atoms with Gasteiger partial charge in [-0.15, -0.1) is 0 Å². The number of carbonyl (C=O) groups is 1. The third-order valence-corrected chi connectivity index (χ3v) is 3.09. The fourth-order valence-corrected chi connectivity index (χ4v) is 2.39. The number of hydrogen-bond donors (Lipinski definition) is 1. The van der Waals surface area contributed by atoms with Gasteiger partial charge in [0.2, 0.25) is 0 Å². The Morgan fingerprint density at radius 2 is 2.25 bits per heavy atom. The molecule has 1 fully saturated rings. The Balaban J connectivity index is 2.31. The van der Waals surface area contributed by atoms with Gasteiger partial charge in [0.25, 0.3) is 0 Å². The quantitative estimate of drug-likeness (QED) is 0.588. The molecule has 12 heavy (non-hydrogen) atoms. The molecule has 1 N–H and O–H groups in total. The molecule has 2 aliphatic carbocycles. The number of aliphatic hydroxyl groups excluding tert-OH is 1. The van der Waals surface area contributed by atoms with Crippen molar-refractivity contribution in [1.29, 1.82) is 0 Å². The number of carbonyl (C=O) groups excluding carboxylic acids is 1. The molecule has 0 aromatic carbocycles. The van der Waals surface area contributed by atoms with E-state index in [-0.39, 0.29) is 23.2 Å². The van der Waals surface area contributed by atoms with Crippen LogP contribution in [0.15, 0.2) is 11.6 Å². The Morgan fingerprint density at radius 3 is 2.83 bits per heavy atom. The van der Waals surface area contributed by atoms with E-state index in [0.717, 1.165) is 12.0 Å². The van der Waals surface area contributed by atoms with E-state index in [4.69, 9.17) is 0 Å². The van der Waals surface area contributed by atoms with E-state index in [2.05, 4.69) is 13.8 Å². The van der Waals surface area contributed by atoms with E-state index in [9.17, 15) is 9.90 Å². The first-order valence-electron chi connectivity index (χ1n) is 4.42. The first-order valence-corrected chi connectivity index (χ1v) is 4.42. The average molecular weight is 166 g/mol. The van der Waals surface area contributed by atoms with Crippen LogP contribution in [0, 0.1) is 11.3 Å². The van der Waals surface area contributed by atoms with Gasteiger partial charge in [-0.05, 0) is 17.9 Å². The molecule has 2 aliphatic rings. The van der Waals surface area contributed by atoms with Crippen LogP contribution < -0.4 is 0 Å². The van der Waals surface area contributed by atoms with E-state index in [1.165, 1.54) is 0 Å². The van der Waals surface area contributed by atoms with Gasteiger partial charge >= 0.3 is 0 Å². The maximum absolute atomic E-state index is 11.0. The van der Waals surface area contributed by atoms with Crippen LogP contribution in [0.3, 0.4) is 0 Å². The number of ketones is 1. The van der Waals surface area contributed by atoms with Crippen LogP contribution in [0.4, 0.5) is 0 Å². The fraction of sp³-hybridized carbons (Fsp3) is 0.700. The van der Waals surface area contributed by atoms with Crippen molar-refractivity contribution < 1.29 is 9.90 Å². The van der Waals surface area contributed by atoms with Crippen molar-refractivity contribution in [2.24, 2.45) is 11.3 Å². The molecule has 0 unspecified atom stereocenters. The zero-order valence-corrected chi connectivity index (χ0v) is 7.50. The van der Waals surface area contributed by atoms with Gasteiger partial charge < -0.3 is 5.11 Å². The van der Waals surface area contributed by atoms with Gasteiger partial charge in [-0.2, -0.15) is 0 Å². The number of rotatable bonds is 0. The second-order valence-electron chi connectivity index (χ2n) is 4.61. The minimum Gasteiger partial charge on any atom is -0.392 e. The van der Waals surface area contributed by atoms with E-state index in [0.29, 0.717) is 6.42 Å². The predicted molar refractivity (Wildman–Crippen MR) is 45.6 cm³/mol. The summed E-state index contributed by atoms with van der Waals surface area (Å²) in [6.07, 6.45) is 2.81. The van der Waals surface area contributed by atoms with Crippen LogP contribution in [0.5, 0.6) is 0 Å². The van der Waals surface area contributed by atoms with Crippen LogP contribution in [-0.2, 0) is 4.79 Å². The van der Waals surface area contributed by atoms with Crippen LogP contribution >= 0.6 is 0 Å². The molecule has 2 rings (SSSR count). The van der Waals surface area contributed by atoms with Crippen LogP contribution in [0.1, 0.15) is 26.7 Å². The van der Waals surface area contributed by atoms with Gasteiger partial charge in [0.15, 0.2) is 5.78 Å². The van der Waals surface area contributed by atoms with Gasteiger partial charge in [0.1, 0.15) is 0 Å². The van der Waals surface area contributed by atoms with Crippen molar-refractivity contribution in [3.8, 4) is 0 Å². The van der Waals surface area contributed by atoms with Crippen molar-refractivity contribution in [1.82, 2.24) is 0 Å². The Bertz CT molecular complexity index is 263. The first-order chi connectivity index (χ1) is 5.50. The summed E-state index contributed by atoms with van der Waals surface area (Å²) in [4.78, 5) is 11.0. The summed E-state index contributed by atoms with van der Waals surface area (Å²) in [6.45, 7) is 4.11. The van der Waals surface area contributed by atoms with Crippen molar-refractivity contribution in [3.05, 3.63) is 11.6 Å². The molecule has 0 saturated heterocycles. The maximum Gasteiger partial charge on any atom is 0.156 e. The molecular formula is C10H14O2. The lowest BCUT2D eigenvalue weighted by Gasteiger charge is -2.24. The van der Waals surface area contributed by atoms with Crippen molar-refractivity contribution in [3.63, 3.8) is 0 Å². The summed E-state index contributed by atoms with van der Waals surface area (Å²) in [5, 5.41) is 9.85. The highest BCUT2D eigenvalue weighted by Crippen LogP contribution is 2.48. The average Bonchev–Trinajstić information content (AvgIpc) is 2.35. The SMILES string of the molecule is CC1(C)CC2=CC(=O)C[C@H]2[C@H]1O. The molecule has 1 saturated carbocycles. The lowest BCUT2D eigenvalue weighted by molar-refractivity contribution is -0.115. The maximum atomic E-state index is 11.0. The summed E-state index contributed by atoms with van der Waals surface area (Å²) in [5.74, 6) is 0.317. The first kappa shape index (κ1) is 7.99. The van der Waals surface area contributed by atoms with Gasteiger partial charge in [0, 0.05) is 12.3 Å². The molecular weight excluding hydrogens is 152 g/mol. The monoisotopic (exact) mass is 166 g/mol. The standard InChI is InChI=1S/C10H14O2/c1-10(2)5-6-3-7(11)4-8(6)9(10)12/h3,8-9,12H,4-5H2,1-2H3/t8-,9-/m1/s1. The topological polar surface area (TPSA) is 37.3 Å². The minimum atomic E-state index is -0.324. The van der Waals surface area contributed by atoms with Gasteiger partial charge in [0.05, 0.1) is 6.10 Å². The number of hydrogen-bond acceptors (Lipinski definition) is 2. The van der Waals surface area contributed by atoms with Crippen LogP contribution in [0.25, 0.3) is 0 Å². The number of allylic oxidation sites excluding steroid dienone is 1. The summed E-state index contributed by atoms with van der Waals surface area (Å²) >= 11 is 0. The second kappa shape index (κ2) is 2.19. The lowest BCUT2D eigenvalue weighted by Crippen LogP contribution is -2.28. The van der Waals surface area contributed by atoms with E-state index < -0.39 is 0 Å². The molecule has 0 radical (unpaired) electrons. The molecule has 66 valence electrons. The molecule has 0 aromatic heterocycles. The predicted octanol–water partition coefficient (Wildman–Crippen LogP) is 1.29. The molecule has 0 aliphatic heterocycles. The van der Waals surface area contributed by atoms with E-state index >= 15 is 0 Å². The normalized spacial score (nSPS) is 38.2. The summed E-state index contributed by atoms with van der Waals surface area (Å²) in [7, 11) is 0. The molecule has 0 spiro atoms. The molecule has 2 heteroatoms. The molecule has 0 aromatic rings. The third kappa shape index (κ3) is 0.944. The lowest BCUT2D eigenvalue weighted by atomic mass is 9.86. The summed E-state index contributed by atoms with van der Waals surface area (Å²) in [6, 6.07) is 0. The Labute approximate surface area is 72.3 Å². The fourth-order valence-electron chi connectivity index (χ4n) is 2.39. The third-order valence-electron chi connectivity index (χ3n) is 3.09. The molecule has 2 atom stereocenters. The van der Waals surface area contributed by atoms with Crippen LogP contribution in [-0.4, -0.2) is 17.0 Å². The molecule has 0 heterocycles. The van der Waals surface area contributed by atoms with E-state index in [1.54, 1.807) is 6.08 Å².